The van der Waals surface area contributed by atoms with Crippen molar-refractivity contribution in [3.63, 3.8) is 0 Å². The lowest BCUT2D eigenvalue weighted by Gasteiger charge is -2.17. The van der Waals surface area contributed by atoms with Crippen LogP contribution in [0, 0.1) is 5.82 Å². The standard InChI is InChI=1S/C14H13BrClFN2/c15-11-4-1-9(2-5-11)14(19-18)7-10-3-6-12(16)8-13(10)17/h1-6,8,14,19H,7,18H2. The average molecular weight is 344 g/mol. The molecule has 2 aromatic carbocycles. The molecule has 3 N–H and O–H groups in total. The molecule has 1 atom stereocenters. The van der Waals surface area contributed by atoms with E-state index in [-0.39, 0.29) is 11.9 Å². The van der Waals surface area contributed by atoms with Crippen LogP contribution in [0.3, 0.4) is 0 Å². The van der Waals surface area contributed by atoms with E-state index in [0.29, 0.717) is 17.0 Å². The van der Waals surface area contributed by atoms with Crippen LogP contribution < -0.4 is 11.3 Å². The van der Waals surface area contributed by atoms with Crippen molar-refractivity contribution in [1.29, 1.82) is 0 Å². The van der Waals surface area contributed by atoms with Crippen LogP contribution in [0.5, 0.6) is 0 Å². The van der Waals surface area contributed by atoms with Crippen molar-refractivity contribution in [2.24, 2.45) is 5.84 Å². The van der Waals surface area contributed by atoms with Crippen molar-refractivity contribution in [3.05, 3.63) is 68.9 Å². The van der Waals surface area contributed by atoms with E-state index in [1.165, 1.54) is 6.07 Å². The normalized spacial score (nSPS) is 12.4. The van der Waals surface area contributed by atoms with E-state index in [4.69, 9.17) is 17.4 Å². The Bertz CT molecular complexity index is 560. The maximum atomic E-state index is 13.8. The minimum Gasteiger partial charge on any atom is -0.271 e. The monoisotopic (exact) mass is 342 g/mol. The molecule has 2 aromatic rings. The summed E-state index contributed by atoms with van der Waals surface area (Å²) in [5, 5.41) is 0.391. The first-order valence-electron chi connectivity index (χ1n) is 5.75. The van der Waals surface area contributed by atoms with Crippen molar-refractivity contribution < 1.29 is 4.39 Å². The second-order valence-electron chi connectivity index (χ2n) is 4.21. The molecular formula is C14H13BrClFN2. The number of hydrogen-bond acceptors (Lipinski definition) is 2. The molecule has 0 aromatic heterocycles. The molecule has 5 heteroatoms. The molecule has 0 heterocycles. The Balaban J connectivity index is 2.21. The Morgan fingerprint density at radius 3 is 2.47 bits per heavy atom. The first-order chi connectivity index (χ1) is 9.10. The Morgan fingerprint density at radius 2 is 1.89 bits per heavy atom. The van der Waals surface area contributed by atoms with Crippen LogP contribution in [0.1, 0.15) is 17.2 Å². The van der Waals surface area contributed by atoms with E-state index in [2.05, 4.69) is 21.4 Å². The van der Waals surface area contributed by atoms with Crippen LogP contribution in [0.15, 0.2) is 46.9 Å². The maximum Gasteiger partial charge on any atom is 0.127 e. The predicted octanol–water partition coefficient (Wildman–Crippen LogP) is 3.99. The summed E-state index contributed by atoms with van der Waals surface area (Å²) in [5.74, 6) is 5.25. The largest absolute Gasteiger partial charge is 0.271 e. The van der Waals surface area contributed by atoms with Crippen LogP contribution in [0.25, 0.3) is 0 Å². The van der Waals surface area contributed by atoms with E-state index in [1.54, 1.807) is 12.1 Å². The van der Waals surface area contributed by atoms with Gasteiger partial charge in [-0.25, -0.2) is 4.39 Å². The molecule has 0 saturated heterocycles. The van der Waals surface area contributed by atoms with Crippen molar-refractivity contribution in [2.45, 2.75) is 12.5 Å². The number of hydrazine groups is 1. The maximum absolute atomic E-state index is 13.8. The van der Waals surface area contributed by atoms with Gasteiger partial charge in [-0.15, -0.1) is 0 Å². The third kappa shape index (κ3) is 3.76. The van der Waals surface area contributed by atoms with Crippen molar-refractivity contribution in [1.82, 2.24) is 5.43 Å². The number of halogens is 3. The summed E-state index contributed by atoms with van der Waals surface area (Å²) in [6.45, 7) is 0. The van der Waals surface area contributed by atoms with Crippen LogP contribution >= 0.6 is 27.5 Å². The Labute approximate surface area is 124 Å². The second-order valence-corrected chi connectivity index (χ2v) is 5.56. The highest BCUT2D eigenvalue weighted by Gasteiger charge is 2.13. The van der Waals surface area contributed by atoms with Gasteiger partial charge >= 0.3 is 0 Å². The molecule has 0 amide bonds. The molecule has 0 fully saturated rings. The van der Waals surface area contributed by atoms with Gasteiger partial charge in [0.15, 0.2) is 0 Å². The number of benzene rings is 2. The van der Waals surface area contributed by atoms with Gasteiger partial charge in [0.1, 0.15) is 5.82 Å². The van der Waals surface area contributed by atoms with E-state index < -0.39 is 0 Å². The lowest BCUT2D eigenvalue weighted by atomic mass is 9.99. The van der Waals surface area contributed by atoms with Gasteiger partial charge in [-0.05, 0) is 41.8 Å². The topological polar surface area (TPSA) is 38.0 Å². The molecule has 0 bridgehead atoms. The summed E-state index contributed by atoms with van der Waals surface area (Å²) in [7, 11) is 0. The van der Waals surface area contributed by atoms with Gasteiger partial charge in [0.2, 0.25) is 0 Å². The zero-order valence-electron chi connectivity index (χ0n) is 10.0. The molecule has 100 valence electrons. The summed E-state index contributed by atoms with van der Waals surface area (Å²) in [5.41, 5.74) is 4.29. The van der Waals surface area contributed by atoms with Gasteiger partial charge in [0, 0.05) is 9.50 Å². The average Bonchev–Trinajstić information content (AvgIpc) is 2.39. The molecule has 2 nitrogen and oxygen atoms in total. The minimum atomic E-state index is -0.315. The van der Waals surface area contributed by atoms with Crippen LogP contribution in [0.2, 0.25) is 5.02 Å². The molecule has 0 aliphatic rings. The fourth-order valence-electron chi connectivity index (χ4n) is 1.88. The summed E-state index contributed by atoms with van der Waals surface area (Å²) < 4.78 is 14.8. The summed E-state index contributed by atoms with van der Waals surface area (Å²) in [6.07, 6.45) is 0.459. The van der Waals surface area contributed by atoms with E-state index >= 15 is 0 Å². The van der Waals surface area contributed by atoms with Gasteiger partial charge in [0.05, 0.1) is 6.04 Å². The quantitative estimate of drug-likeness (QED) is 0.651. The van der Waals surface area contributed by atoms with E-state index in [9.17, 15) is 4.39 Å². The number of hydrogen-bond donors (Lipinski definition) is 2. The van der Waals surface area contributed by atoms with Crippen molar-refractivity contribution >= 4 is 27.5 Å². The van der Waals surface area contributed by atoms with Crippen LogP contribution in [0.4, 0.5) is 4.39 Å². The SMILES string of the molecule is NNC(Cc1ccc(Cl)cc1F)c1ccc(Br)cc1. The third-order valence-corrected chi connectivity index (χ3v) is 3.68. The van der Waals surface area contributed by atoms with Gasteiger partial charge in [0.25, 0.3) is 0 Å². The molecule has 0 aliphatic carbocycles. The molecule has 0 spiro atoms. The van der Waals surface area contributed by atoms with Gasteiger partial charge in [-0.2, -0.15) is 0 Å². The fraction of sp³-hybridized carbons (Fsp3) is 0.143. The predicted molar refractivity (Wildman–Crippen MR) is 79.3 cm³/mol. The van der Waals surface area contributed by atoms with Gasteiger partial charge < -0.3 is 0 Å². The minimum absolute atomic E-state index is 0.149. The highest BCUT2D eigenvalue weighted by atomic mass is 79.9. The lowest BCUT2D eigenvalue weighted by Crippen LogP contribution is -2.29. The molecule has 2 rings (SSSR count). The summed E-state index contributed by atoms with van der Waals surface area (Å²) >= 11 is 9.11. The van der Waals surface area contributed by atoms with Crippen molar-refractivity contribution in [3.8, 4) is 0 Å². The summed E-state index contributed by atoms with van der Waals surface area (Å²) in [4.78, 5) is 0. The fourth-order valence-corrected chi connectivity index (χ4v) is 2.30. The zero-order valence-corrected chi connectivity index (χ0v) is 12.4. The molecule has 0 radical (unpaired) electrons. The molecule has 0 saturated carbocycles. The third-order valence-electron chi connectivity index (χ3n) is 2.91. The van der Waals surface area contributed by atoms with Gasteiger partial charge in [-0.1, -0.05) is 45.7 Å². The highest BCUT2D eigenvalue weighted by Crippen LogP contribution is 2.23. The first kappa shape index (κ1) is 14.5. The summed E-state index contributed by atoms with van der Waals surface area (Å²) in [6, 6.07) is 12.3. The first-order valence-corrected chi connectivity index (χ1v) is 6.93. The molecular weight excluding hydrogens is 331 g/mol. The van der Waals surface area contributed by atoms with Crippen molar-refractivity contribution in [2.75, 3.05) is 0 Å². The zero-order chi connectivity index (χ0) is 13.8. The number of nitrogens with two attached hydrogens (primary N) is 1. The highest BCUT2D eigenvalue weighted by molar-refractivity contribution is 9.10. The Morgan fingerprint density at radius 1 is 1.21 bits per heavy atom. The van der Waals surface area contributed by atoms with E-state index in [0.717, 1.165) is 10.0 Å². The van der Waals surface area contributed by atoms with Gasteiger partial charge in [-0.3, -0.25) is 11.3 Å². The Hall–Kier alpha value is -0.940. The number of nitrogens with one attached hydrogen (secondary N) is 1. The molecule has 19 heavy (non-hydrogen) atoms. The van der Waals surface area contributed by atoms with Crippen LogP contribution in [-0.4, -0.2) is 0 Å². The smallest absolute Gasteiger partial charge is 0.127 e. The molecule has 0 aliphatic heterocycles. The second kappa shape index (κ2) is 6.48. The molecule has 1 unspecified atom stereocenters. The Kier molecular flexibility index (Phi) is 4.93. The van der Waals surface area contributed by atoms with E-state index in [1.807, 2.05) is 24.3 Å². The number of rotatable bonds is 4. The van der Waals surface area contributed by atoms with Crippen LogP contribution in [-0.2, 0) is 6.42 Å². The lowest BCUT2D eigenvalue weighted by molar-refractivity contribution is 0.529.